The van der Waals surface area contributed by atoms with E-state index in [1.54, 1.807) is 25.3 Å². The van der Waals surface area contributed by atoms with Crippen LogP contribution in [0.1, 0.15) is 22.0 Å². The minimum Gasteiger partial charge on any atom is -0.496 e. The van der Waals surface area contributed by atoms with Gasteiger partial charge in [0.15, 0.2) is 0 Å². The summed E-state index contributed by atoms with van der Waals surface area (Å²) in [5, 5.41) is 3.64. The zero-order valence-electron chi connectivity index (χ0n) is 20.6. The largest absolute Gasteiger partial charge is 0.496 e. The maximum Gasteiger partial charge on any atom is 0.255 e. The van der Waals surface area contributed by atoms with E-state index in [1.807, 2.05) is 20.2 Å². The molecule has 1 atom stereocenters. The SMILES string of the molecule is COc1ccc(Cl)cc1C(=O)NC[C@H](c1ccc(N(C)C)cc1)N1CCN(c2ccccc2)CC1. The molecular formula is C28H33ClN4O2. The normalized spacial score (nSPS) is 14.9. The fraction of sp³-hybridized carbons (Fsp3) is 0.321. The number of hydrogen-bond acceptors (Lipinski definition) is 5. The van der Waals surface area contributed by atoms with Crippen molar-refractivity contribution in [2.75, 3.05) is 63.7 Å². The van der Waals surface area contributed by atoms with Crippen molar-refractivity contribution in [3.05, 3.63) is 88.9 Å². The number of benzene rings is 3. The minimum absolute atomic E-state index is 0.0539. The average Bonchev–Trinajstić information content (AvgIpc) is 2.90. The number of carbonyl (C=O) groups excluding carboxylic acids is 1. The molecule has 0 aromatic heterocycles. The molecule has 0 aliphatic carbocycles. The van der Waals surface area contributed by atoms with Crippen LogP contribution in [-0.4, -0.2) is 64.7 Å². The number of amides is 1. The first-order valence-corrected chi connectivity index (χ1v) is 12.3. The Bertz CT molecular complexity index is 1110. The van der Waals surface area contributed by atoms with Gasteiger partial charge in [-0.1, -0.05) is 41.9 Å². The molecular weight excluding hydrogens is 460 g/mol. The number of rotatable bonds is 8. The average molecular weight is 493 g/mol. The molecule has 4 rings (SSSR count). The Balaban J connectivity index is 1.51. The van der Waals surface area contributed by atoms with Crippen LogP contribution in [0, 0.1) is 0 Å². The summed E-state index contributed by atoms with van der Waals surface area (Å²) in [6, 6.07) is 24.2. The van der Waals surface area contributed by atoms with Crippen molar-refractivity contribution in [1.82, 2.24) is 10.2 Å². The molecule has 3 aromatic rings. The summed E-state index contributed by atoms with van der Waals surface area (Å²) in [7, 11) is 5.63. The van der Waals surface area contributed by atoms with E-state index >= 15 is 0 Å². The molecule has 35 heavy (non-hydrogen) atoms. The van der Waals surface area contributed by atoms with Crippen LogP contribution < -0.4 is 19.9 Å². The Morgan fingerprint density at radius 1 is 1.00 bits per heavy atom. The number of nitrogens with one attached hydrogen (secondary N) is 1. The first-order valence-electron chi connectivity index (χ1n) is 11.9. The van der Waals surface area contributed by atoms with E-state index in [9.17, 15) is 4.79 Å². The molecule has 7 heteroatoms. The Labute approximate surface area is 213 Å². The first-order chi connectivity index (χ1) is 17.0. The summed E-state index contributed by atoms with van der Waals surface area (Å²) in [4.78, 5) is 20.1. The molecule has 1 fully saturated rings. The molecule has 0 bridgehead atoms. The Morgan fingerprint density at radius 2 is 1.69 bits per heavy atom. The maximum atomic E-state index is 13.1. The van der Waals surface area contributed by atoms with Gasteiger partial charge in [0.25, 0.3) is 5.91 Å². The van der Waals surface area contributed by atoms with Gasteiger partial charge >= 0.3 is 0 Å². The standard InChI is InChI=1S/C28H33ClN4O2/c1-31(2)23-12-9-21(10-13-23)26(20-30-28(34)25-19-22(29)11-14-27(25)35-3)33-17-15-32(16-18-33)24-7-5-4-6-8-24/h4-14,19,26H,15-18,20H2,1-3H3,(H,30,34)/t26-/m1/s1. The first kappa shape index (κ1) is 24.9. The van der Waals surface area contributed by atoms with Crippen LogP contribution in [0.3, 0.4) is 0 Å². The van der Waals surface area contributed by atoms with Crippen LogP contribution >= 0.6 is 11.6 Å². The number of hydrogen-bond donors (Lipinski definition) is 1. The number of piperazine rings is 1. The summed E-state index contributed by atoms with van der Waals surface area (Å²) in [6.07, 6.45) is 0. The van der Waals surface area contributed by atoms with E-state index in [0.717, 1.165) is 31.9 Å². The number of halogens is 1. The smallest absolute Gasteiger partial charge is 0.255 e. The van der Waals surface area contributed by atoms with Gasteiger partial charge in [0.05, 0.1) is 18.7 Å². The van der Waals surface area contributed by atoms with E-state index in [2.05, 4.69) is 68.5 Å². The van der Waals surface area contributed by atoms with Crippen LogP contribution in [-0.2, 0) is 0 Å². The Hall–Kier alpha value is -3.22. The Kier molecular flexibility index (Phi) is 8.16. The van der Waals surface area contributed by atoms with Crippen molar-refractivity contribution in [2.24, 2.45) is 0 Å². The second kappa shape index (κ2) is 11.5. The number of nitrogens with zero attached hydrogens (tertiary/aromatic N) is 3. The van der Waals surface area contributed by atoms with Crippen LogP contribution in [0.15, 0.2) is 72.8 Å². The molecule has 1 aliphatic heterocycles. The molecule has 1 saturated heterocycles. The summed E-state index contributed by atoms with van der Waals surface area (Å²) < 4.78 is 5.38. The van der Waals surface area contributed by atoms with Crippen molar-refractivity contribution < 1.29 is 9.53 Å². The maximum absolute atomic E-state index is 13.1. The highest BCUT2D eigenvalue weighted by molar-refractivity contribution is 6.31. The predicted octanol–water partition coefficient (Wildman–Crippen LogP) is 4.71. The lowest BCUT2D eigenvalue weighted by molar-refractivity contribution is 0.0927. The topological polar surface area (TPSA) is 48.1 Å². The number of para-hydroxylation sites is 1. The van der Waals surface area contributed by atoms with E-state index < -0.39 is 0 Å². The van der Waals surface area contributed by atoms with Crippen molar-refractivity contribution in [2.45, 2.75) is 6.04 Å². The lowest BCUT2D eigenvalue weighted by atomic mass is 10.0. The second-order valence-corrected chi connectivity index (χ2v) is 9.35. The highest BCUT2D eigenvalue weighted by Gasteiger charge is 2.26. The third kappa shape index (κ3) is 6.08. The van der Waals surface area contributed by atoms with Crippen LogP contribution in [0.25, 0.3) is 0 Å². The van der Waals surface area contributed by atoms with E-state index in [1.165, 1.54) is 11.3 Å². The zero-order valence-corrected chi connectivity index (χ0v) is 21.3. The number of ether oxygens (including phenoxy) is 1. The van der Waals surface area contributed by atoms with Crippen LogP contribution in [0.4, 0.5) is 11.4 Å². The lowest BCUT2D eigenvalue weighted by Crippen LogP contribution is -2.50. The zero-order chi connectivity index (χ0) is 24.8. The molecule has 0 spiro atoms. The summed E-state index contributed by atoms with van der Waals surface area (Å²) in [5.74, 6) is 0.317. The van der Waals surface area contributed by atoms with Crippen molar-refractivity contribution in [1.29, 1.82) is 0 Å². The monoisotopic (exact) mass is 492 g/mol. The Morgan fingerprint density at radius 3 is 2.31 bits per heavy atom. The molecule has 6 nitrogen and oxygen atoms in total. The third-order valence-corrected chi connectivity index (χ3v) is 6.77. The highest BCUT2D eigenvalue weighted by Crippen LogP contribution is 2.27. The van der Waals surface area contributed by atoms with Gasteiger partial charge in [-0.15, -0.1) is 0 Å². The summed E-state index contributed by atoms with van der Waals surface area (Å²) in [6.45, 7) is 4.18. The number of carbonyl (C=O) groups is 1. The molecule has 184 valence electrons. The number of anilines is 2. The second-order valence-electron chi connectivity index (χ2n) is 8.91. The molecule has 0 saturated carbocycles. The van der Waals surface area contributed by atoms with E-state index in [-0.39, 0.29) is 11.9 Å². The van der Waals surface area contributed by atoms with Gasteiger partial charge in [-0.3, -0.25) is 9.69 Å². The predicted molar refractivity (Wildman–Crippen MR) is 144 cm³/mol. The fourth-order valence-electron chi connectivity index (χ4n) is 4.53. The van der Waals surface area contributed by atoms with Gasteiger partial charge in [0.2, 0.25) is 0 Å². The number of methoxy groups -OCH3 is 1. The molecule has 1 heterocycles. The lowest BCUT2D eigenvalue weighted by Gasteiger charge is -2.40. The molecule has 3 aromatic carbocycles. The molecule has 1 N–H and O–H groups in total. The van der Waals surface area contributed by atoms with E-state index in [4.69, 9.17) is 16.3 Å². The van der Waals surface area contributed by atoms with Gasteiger partial charge in [-0.2, -0.15) is 0 Å². The summed E-state index contributed by atoms with van der Waals surface area (Å²) in [5.41, 5.74) is 4.02. The fourth-order valence-corrected chi connectivity index (χ4v) is 4.70. The van der Waals surface area contributed by atoms with Gasteiger partial charge in [0, 0.05) is 63.2 Å². The molecule has 1 aliphatic rings. The van der Waals surface area contributed by atoms with Gasteiger partial charge in [-0.05, 0) is 48.0 Å². The summed E-state index contributed by atoms with van der Waals surface area (Å²) >= 11 is 6.15. The van der Waals surface area contributed by atoms with Crippen molar-refractivity contribution in [3.8, 4) is 5.75 Å². The quantitative estimate of drug-likeness (QED) is 0.493. The van der Waals surface area contributed by atoms with Crippen LogP contribution in [0.2, 0.25) is 5.02 Å². The molecule has 0 radical (unpaired) electrons. The van der Waals surface area contributed by atoms with Gasteiger partial charge in [0.1, 0.15) is 5.75 Å². The molecule has 0 unspecified atom stereocenters. The van der Waals surface area contributed by atoms with E-state index in [0.29, 0.717) is 22.9 Å². The van der Waals surface area contributed by atoms with Crippen LogP contribution in [0.5, 0.6) is 5.75 Å². The van der Waals surface area contributed by atoms with Crippen molar-refractivity contribution in [3.63, 3.8) is 0 Å². The third-order valence-electron chi connectivity index (χ3n) is 6.53. The van der Waals surface area contributed by atoms with Gasteiger partial charge in [-0.25, -0.2) is 0 Å². The van der Waals surface area contributed by atoms with Crippen molar-refractivity contribution >= 4 is 28.9 Å². The molecule has 1 amide bonds. The van der Waals surface area contributed by atoms with Gasteiger partial charge < -0.3 is 19.9 Å². The minimum atomic E-state index is -0.192. The highest BCUT2D eigenvalue weighted by atomic mass is 35.5.